The van der Waals surface area contributed by atoms with Crippen LogP contribution in [0.25, 0.3) is 0 Å². The van der Waals surface area contributed by atoms with Crippen molar-refractivity contribution < 1.29 is 9.59 Å². The first-order chi connectivity index (χ1) is 12.7. The summed E-state index contributed by atoms with van der Waals surface area (Å²) >= 11 is 0. The summed E-state index contributed by atoms with van der Waals surface area (Å²) in [5.74, 6) is 0.211. The highest BCUT2D eigenvalue weighted by Gasteiger charge is 2.40. The zero-order chi connectivity index (χ0) is 18.0. The first-order valence-electron chi connectivity index (χ1n) is 9.86. The van der Waals surface area contributed by atoms with Gasteiger partial charge in [-0.1, -0.05) is 0 Å². The maximum atomic E-state index is 13.0. The monoisotopic (exact) mass is 428 g/mol. The molecule has 28 heavy (non-hydrogen) atoms. The molecule has 3 saturated heterocycles. The summed E-state index contributed by atoms with van der Waals surface area (Å²) in [6.45, 7) is 5.24. The summed E-state index contributed by atoms with van der Waals surface area (Å²) in [7, 11) is 0. The normalized spacial score (nSPS) is 23.6. The molecule has 4 heterocycles. The number of carbonyl (C=O) groups excluding carboxylic acids is 2. The Labute approximate surface area is 179 Å². The molecule has 0 aliphatic carbocycles. The van der Waals surface area contributed by atoms with Gasteiger partial charge >= 0.3 is 0 Å². The smallest absolute Gasteiger partial charge is 0.253 e. The molecule has 1 unspecified atom stereocenters. The zero-order valence-electron chi connectivity index (χ0n) is 16.1. The number of likely N-dealkylation sites (tertiary alicyclic amines) is 2. The van der Waals surface area contributed by atoms with E-state index in [1.807, 2.05) is 4.90 Å². The molecular formula is C20H30Cl2N4O2. The van der Waals surface area contributed by atoms with Crippen molar-refractivity contribution >= 4 is 36.6 Å². The van der Waals surface area contributed by atoms with Crippen LogP contribution in [-0.4, -0.2) is 65.9 Å². The van der Waals surface area contributed by atoms with Gasteiger partial charge in [0.05, 0.1) is 5.92 Å². The summed E-state index contributed by atoms with van der Waals surface area (Å²) in [6.07, 6.45) is 8.53. The molecule has 2 amide bonds. The largest absolute Gasteiger partial charge is 0.342 e. The van der Waals surface area contributed by atoms with Crippen LogP contribution in [0.3, 0.4) is 0 Å². The van der Waals surface area contributed by atoms with Crippen molar-refractivity contribution in [2.45, 2.75) is 32.1 Å². The van der Waals surface area contributed by atoms with Crippen LogP contribution in [0.15, 0.2) is 24.5 Å². The molecule has 1 aromatic heterocycles. The molecule has 156 valence electrons. The first kappa shape index (κ1) is 22.9. The number of nitrogens with zero attached hydrogens (tertiary/aromatic N) is 3. The van der Waals surface area contributed by atoms with E-state index in [-0.39, 0.29) is 42.5 Å². The van der Waals surface area contributed by atoms with Crippen LogP contribution in [-0.2, 0) is 4.79 Å². The van der Waals surface area contributed by atoms with Gasteiger partial charge in [0.25, 0.3) is 5.91 Å². The molecule has 3 aliphatic heterocycles. The number of hydrogen-bond acceptors (Lipinski definition) is 4. The Morgan fingerprint density at radius 3 is 2.39 bits per heavy atom. The molecule has 4 rings (SSSR count). The molecule has 1 spiro atoms. The van der Waals surface area contributed by atoms with Crippen LogP contribution in [0.4, 0.5) is 0 Å². The lowest BCUT2D eigenvalue weighted by molar-refractivity contribution is -0.139. The molecule has 0 saturated carbocycles. The highest BCUT2D eigenvalue weighted by atomic mass is 35.5. The number of halogens is 2. The summed E-state index contributed by atoms with van der Waals surface area (Å²) in [6, 6.07) is 3.49. The van der Waals surface area contributed by atoms with E-state index in [4.69, 9.17) is 0 Å². The minimum Gasteiger partial charge on any atom is -0.342 e. The Morgan fingerprint density at radius 1 is 1.04 bits per heavy atom. The van der Waals surface area contributed by atoms with Gasteiger partial charge in [-0.25, -0.2) is 0 Å². The summed E-state index contributed by atoms with van der Waals surface area (Å²) in [5, 5.41) is 3.47. The fourth-order valence-electron chi connectivity index (χ4n) is 4.72. The van der Waals surface area contributed by atoms with Gasteiger partial charge in [-0.05, 0) is 56.2 Å². The van der Waals surface area contributed by atoms with E-state index in [0.29, 0.717) is 17.5 Å². The zero-order valence-corrected chi connectivity index (χ0v) is 17.8. The minimum absolute atomic E-state index is 0. The molecule has 8 heteroatoms. The van der Waals surface area contributed by atoms with Crippen LogP contribution in [0, 0.1) is 11.3 Å². The third kappa shape index (κ3) is 4.78. The van der Waals surface area contributed by atoms with E-state index >= 15 is 0 Å². The molecule has 3 aliphatic rings. The van der Waals surface area contributed by atoms with Gasteiger partial charge in [-0.15, -0.1) is 24.8 Å². The van der Waals surface area contributed by atoms with Crippen molar-refractivity contribution in [2.24, 2.45) is 11.3 Å². The van der Waals surface area contributed by atoms with E-state index < -0.39 is 0 Å². The van der Waals surface area contributed by atoms with E-state index in [2.05, 4.69) is 15.2 Å². The van der Waals surface area contributed by atoms with Crippen LogP contribution in [0.1, 0.15) is 42.5 Å². The van der Waals surface area contributed by atoms with Crippen molar-refractivity contribution in [3.8, 4) is 0 Å². The van der Waals surface area contributed by atoms with Gasteiger partial charge in [0, 0.05) is 50.7 Å². The van der Waals surface area contributed by atoms with E-state index in [1.165, 1.54) is 6.42 Å². The molecule has 1 N–H and O–H groups in total. The number of nitrogens with one attached hydrogen (secondary N) is 1. The second kappa shape index (κ2) is 9.90. The predicted molar refractivity (Wildman–Crippen MR) is 113 cm³/mol. The third-order valence-corrected chi connectivity index (χ3v) is 6.45. The summed E-state index contributed by atoms with van der Waals surface area (Å²) in [5.41, 5.74) is 1.08. The Bertz CT molecular complexity index is 657. The summed E-state index contributed by atoms with van der Waals surface area (Å²) < 4.78 is 0. The van der Waals surface area contributed by atoms with E-state index in [0.717, 1.165) is 58.4 Å². The molecular weight excluding hydrogens is 399 g/mol. The average molecular weight is 429 g/mol. The molecule has 0 aromatic carbocycles. The van der Waals surface area contributed by atoms with Crippen molar-refractivity contribution in [1.82, 2.24) is 20.1 Å². The lowest BCUT2D eigenvalue weighted by Gasteiger charge is -2.41. The molecule has 0 bridgehead atoms. The Hall–Kier alpha value is -1.37. The fourth-order valence-corrected chi connectivity index (χ4v) is 4.72. The highest BCUT2D eigenvalue weighted by molar-refractivity contribution is 5.94. The predicted octanol–water partition coefficient (Wildman–Crippen LogP) is 2.38. The first-order valence-corrected chi connectivity index (χ1v) is 9.86. The Balaban J connectivity index is 0.00000140. The fraction of sp³-hybridized carbons (Fsp3) is 0.650. The minimum atomic E-state index is -0.0507. The average Bonchev–Trinajstić information content (AvgIpc) is 3.16. The number of aromatic nitrogens is 1. The molecule has 0 radical (unpaired) electrons. The number of hydrogen-bond donors (Lipinski definition) is 1. The van der Waals surface area contributed by atoms with Crippen LogP contribution >= 0.6 is 24.8 Å². The van der Waals surface area contributed by atoms with Crippen molar-refractivity contribution in [2.75, 3.05) is 39.3 Å². The van der Waals surface area contributed by atoms with Gasteiger partial charge in [0.1, 0.15) is 0 Å². The molecule has 3 fully saturated rings. The SMILES string of the molecule is Cl.Cl.O=C(c1ccncc1)N1CCCC(C(=O)N2CCC3(CCNC3)CC2)C1. The van der Waals surface area contributed by atoms with Gasteiger partial charge in [-0.3, -0.25) is 14.6 Å². The number of carbonyl (C=O) groups is 2. The van der Waals surface area contributed by atoms with Gasteiger partial charge in [0.15, 0.2) is 0 Å². The van der Waals surface area contributed by atoms with Crippen molar-refractivity contribution in [3.63, 3.8) is 0 Å². The molecule has 1 aromatic rings. The van der Waals surface area contributed by atoms with Gasteiger partial charge in [0.2, 0.25) is 5.91 Å². The number of pyridine rings is 1. The quantitative estimate of drug-likeness (QED) is 0.784. The summed E-state index contributed by atoms with van der Waals surface area (Å²) in [4.78, 5) is 33.6. The van der Waals surface area contributed by atoms with Crippen molar-refractivity contribution in [3.05, 3.63) is 30.1 Å². The Morgan fingerprint density at radius 2 is 1.75 bits per heavy atom. The van der Waals surface area contributed by atoms with Gasteiger partial charge in [-0.2, -0.15) is 0 Å². The van der Waals surface area contributed by atoms with Gasteiger partial charge < -0.3 is 15.1 Å². The van der Waals surface area contributed by atoms with E-state index in [1.54, 1.807) is 24.5 Å². The Kier molecular flexibility index (Phi) is 8.10. The number of rotatable bonds is 2. The topological polar surface area (TPSA) is 65.5 Å². The van der Waals surface area contributed by atoms with Crippen LogP contribution in [0.2, 0.25) is 0 Å². The second-order valence-electron chi connectivity index (χ2n) is 8.08. The highest BCUT2D eigenvalue weighted by Crippen LogP contribution is 2.37. The molecule has 1 atom stereocenters. The van der Waals surface area contributed by atoms with Crippen molar-refractivity contribution in [1.29, 1.82) is 0 Å². The standard InChI is InChI=1S/C20H28N4O2.2ClH/c25-18(16-3-8-21-9-4-16)24-11-1-2-17(14-24)19(26)23-12-6-20(7-13-23)5-10-22-15-20;;/h3-4,8-9,17,22H,1-2,5-7,10-15H2;2*1H. The third-order valence-electron chi connectivity index (χ3n) is 6.45. The van der Waals surface area contributed by atoms with E-state index in [9.17, 15) is 9.59 Å². The maximum Gasteiger partial charge on any atom is 0.253 e. The number of piperidine rings is 2. The molecule has 6 nitrogen and oxygen atoms in total. The number of amides is 2. The van der Waals surface area contributed by atoms with Crippen LogP contribution in [0.5, 0.6) is 0 Å². The lowest BCUT2D eigenvalue weighted by Crippen LogP contribution is -2.50. The van der Waals surface area contributed by atoms with Crippen LogP contribution < -0.4 is 5.32 Å². The maximum absolute atomic E-state index is 13.0. The lowest BCUT2D eigenvalue weighted by atomic mass is 9.77. The second-order valence-corrected chi connectivity index (χ2v) is 8.08.